The molecule has 0 N–H and O–H groups in total. The van der Waals surface area contributed by atoms with E-state index in [1.54, 1.807) is 7.11 Å². The van der Waals surface area contributed by atoms with E-state index >= 15 is 0 Å². The number of halogens is 1. The second kappa shape index (κ2) is 4.79. The summed E-state index contributed by atoms with van der Waals surface area (Å²) in [6.07, 6.45) is 6.63. The van der Waals surface area contributed by atoms with Crippen molar-refractivity contribution in [1.29, 1.82) is 0 Å². The number of hydrogen-bond donors (Lipinski definition) is 0. The van der Waals surface area contributed by atoms with E-state index in [1.807, 2.05) is 18.2 Å². The smallest absolute Gasteiger partial charge is 0.123 e. The third-order valence-electron chi connectivity index (χ3n) is 1.82. The second-order valence-corrected chi connectivity index (χ2v) is 3.03. The number of hydrogen-bond acceptors (Lipinski definition) is 1. The van der Waals surface area contributed by atoms with Gasteiger partial charge in [-0.25, -0.2) is 0 Å². The Hall–Kier alpha value is -1.13. The zero-order valence-corrected chi connectivity index (χ0v) is 8.27. The van der Waals surface area contributed by atoms with E-state index in [0.717, 1.165) is 22.8 Å². The number of rotatable bonds is 3. The monoisotopic (exact) mass is 194 g/mol. The van der Waals surface area contributed by atoms with Gasteiger partial charge in [-0.2, -0.15) is 0 Å². The fourth-order valence-corrected chi connectivity index (χ4v) is 1.43. The van der Waals surface area contributed by atoms with Crippen LogP contribution in [0.4, 0.5) is 0 Å². The molecule has 0 aliphatic carbocycles. The average molecular weight is 195 g/mol. The number of ether oxygens (including phenoxy) is 1. The van der Waals surface area contributed by atoms with E-state index in [1.165, 1.54) is 0 Å². The molecule has 13 heavy (non-hydrogen) atoms. The zero-order chi connectivity index (χ0) is 9.68. The van der Waals surface area contributed by atoms with Gasteiger partial charge >= 0.3 is 0 Å². The maximum atomic E-state index is 6.00. The Morgan fingerprint density at radius 2 is 2.31 bits per heavy atom. The summed E-state index contributed by atoms with van der Waals surface area (Å²) in [6.45, 7) is 0. The third kappa shape index (κ3) is 2.40. The van der Waals surface area contributed by atoms with Crippen LogP contribution in [0.3, 0.4) is 0 Å². The summed E-state index contributed by atoms with van der Waals surface area (Å²) in [4.78, 5) is 0. The number of benzene rings is 1. The van der Waals surface area contributed by atoms with Crippen molar-refractivity contribution in [3.63, 3.8) is 0 Å². The maximum Gasteiger partial charge on any atom is 0.123 e. The summed E-state index contributed by atoms with van der Waals surface area (Å²) >= 11 is 6.00. The Morgan fingerprint density at radius 1 is 1.54 bits per heavy atom. The molecule has 0 aliphatic heterocycles. The van der Waals surface area contributed by atoms with Crippen LogP contribution in [0.5, 0.6) is 5.75 Å². The molecule has 0 saturated heterocycles. The topological polar surface area (TPSA) is 9.23 Å². The summed E-state index contributed by atoms with van der Waals surface area (Å²) in [5, 5.41) is 0.717. The van der Waals surface area contributed by atoms with Gasteiger partial charge in [-0.1, -0.05) is 17.7 Å². The fraction of sp³-hybridized carbons (Fsp3) is 0.273. The highest BCUT2D eigenvalue weighted by Crippen LogP contribution is 2.27. The van der Waals surface area contributed by atoms with Crippen LogP contribution in [-0.2, 0) is 6.42 Å². The molecule has 0 saturated carbocycles. The van der Waals surface area contributed by atoms with Crippen LogP contribution in [0.25, 0.3) is 0 Å². The predicted octanol–water partition coefficient (Wildman–Crippen LogP) is 2.91. The van der Waals surface area contributed by atoms with Gasteiger partial charge in [-0.3, -0.25) is 0 Å². The van der Waals surface area contributed by atoms with Gasteiger partial charge in [0.15, 0.2) is 0 Å². The van der Waals surface area contributed by atoms with E-state index in [4.69, 9.17) is 22.8 Å². The molecule has 2 heteroatoms. The molecule has 0 atom stereocenters. The Kier molecular flexibility index (Phi) is 3.67. The van der Waals surface area contributed by atoms with E-state index in [2.05, 4.69) is 5.92 Å². The highest BCUT2D eigenvalue weighted by atomic mass is 35.5. The highest BCUT2D eigenvalue weighted by Gasteiger charge is 2.05. The highest BCUT2D eigenvalue weighted by molar-refractivity contribution is 6.31. The zero-order valence-electron chi connectivity index (χ0n) is 7.51. The van der Waals surface area contributed by atoms with Gasteiger partial charge in [-0.05, 0) is 18.6 Å². The first kappa shape index (κ1) is 9.95. The van der Waals surface area contributed by atoms with Gasteiger partial charge in [-0.15, -0.1) is 12.3 Å². The van der Waals surface area contributed by atoms with Crippen molar-refractivity contribution in [1.82, 2.24) is 0 Å². The molecule has 0 amide bonds. The minimum absolute atomic E-state index is 0.681. The molecule has 1 rings (SSSR count). The van der Waals surface area contributed by atoms with Gasteiger partial charge < -0.3 is 4.74 Å². The van der Waals surface area contributed by atoms with Crippen molar-refractivity contribution in [3.05, 3.63) is 28.8 Å². The lowest BCUT2D eigenvalue weighted by molar-refractivity contribution is 0.410. The third-order valence-corrected chi connectivity index (χ3v) is 2.17. The molecule has 1 aromatic rings. The Morgan fingerprint density at radius 3 is 2.92 bits per heavy atom. The molecule has 0 heterocycles. The first-order chi connectivity index (χ1) is 6.29. The second-order valence-electron chi connectivity index (χ2n) is 2.62. The molecule has 1 nitrogen and oxygen atoms in total. The Bertz CT molecular complexity index is 325. The van der Waals surface area contributed by atoms with E-state index in [9.17, 15) is 0 Å². The van der Waals surface area contributed by atoms with Crippen LogP contribution < -0.4 is 4.74 Å². The molecule has 0 radical (unpaired) electrons. The molecule has 1 aromatic carbocycles. The van der Waals surface area contributed by atoms with Crippen LogP contribution in [0.15, 0.2) is 18.2 Å². The minimum Gasteiger partial charge on any atom is -0.496 e. The van der Waals surface area contributed by atoms with Gasteiger partial charge in [0.1, 0.15) is 5.75 Å². The predicted molar refractivity (Wildman–Crippen MR) is 55.2 cm³/mol. The van der Waals surface area contributed by atoms with Crippen LogP contribution in [0.1, 0.15) is 12.0 Å². The quantitative estimate of drug-likeness (QED) is 0.673. The summed E-state index contributed by atoms with van der Waals surface area (Å²) in [6, 6.07) is 5.59. The van der Waals surface area contributed by atoms with Crippen molar-refractivity contribution >= 4 is 11.6 Å². The summed E-state index contributed by atoms with van der Waals surface area (Å²) in [7, 11) is 1.63. The molecule has 0 aliphatic rings. The lowest BCUT2D eigenvalue weighted by atomic mass is 10.1. The Labute approximate surface area is 83.7 Å². The maximum absolute atomic E-state index is 6.00. The molecule has 0 aromatic heterocycles. The molecule has 0 unspecified atom stereocenters. The van der Waals surface area contributed by atoms with Crippen molar-refractivity contribution in [2.45, 2.75) is 12.8 Å². The van der Waals surface area contributed by atoms with Gasteiger partial charge in [0.2, 0.25) is 0 Å². The van der Waals surface area contributed by atoms with Gasteiger partial charge in [0.05, 0.1) is 7.11 Å². The van der Waals surface area contributed by atoms with Crippen LogP contribution in [-0.4, -0.2) is 7.11 Å². The molecular formula is C11H11ClO. The summed E-state index contributed by atoms with van der Waals surface area (Å²) in [5.74, 6) is 3.39. The summed E-state index contributed by atoms with van der Waals surface area (Å²) < 4.78 is 5.17. The largest absolute Gasteiger partial charge is 0.496 e. The average Bonchev–Trinajstić information content (AvgIpc) is 2.15. The van der Waals surface area contributed by atoms with Crippen LogP contribution in [0.2, 0.25) is 5.02 Å². The van der Waals surface area contributed by atoms with Crippen molar-refractivity contribution < 1.29 is 4.74 Å². The van der Waals surface area contributed by atoms with Crippen molar-refractivity contribution in [3.8, 4) is 18.1 Å². The van der Waals surface area contributed by atoms with Crippen molar-refractivity contribution in [2.24, 2.45) is 0 Å². The molecule has 0 bridgehead atoms. The first-order valence-corrected chi connectivity index (χ1v) is 4.42. The van der Waals surface area contributed by atoms with Crippen LogP contribution in [0, 0.1) is 12.3 Å². The molecule has 0 spiro atoms. The first-order valence-electron chi connectivity index (χ1n) is 4.04. The normalized spacial score (nSPS) is 9.31. The van der Waals surface area contributed by atoms with E-state index in [-0.39, 0.29) is 0 Å². The number of methoxy groups -OCH3 is 1. The van der Waals surface area contributed by atoms with Gasteiger partial charge in [0, 0.05) is 17.0 Å². The molecular weight excluding hydrogens is 184 g/mol. The fourth-order valence-electron chi connectivity index (χ4n) is 1.17. The van der Waals surface area contributed by atoms with Crippen molar-refractivity contribution in [2.75, 3.05) is 7.11 Å². The standard InChI is InChI=1S/C11H11ClO/c1-3-4-6-9-10(12)7-5-8-11(9)13-2/h1,5,7-8H,4,6H2,2H3. The summed E-state index contributed by atoms with van der Waals surface area (Å²) in [5.41, 5.74) is 0.990. The molecule has 68 valence electrons. The lowest BCUT2D eigenvalue weighted by Crippen LogP contribution is -1.92. The number of terminal acetylenes is 1. The SMILES string of the molecule is C#CCCc1c(Cl)cccc1OC. The van der Waals surface area contributed by atoms with E-state index in [0.29, 0.717) is 6.42 Å². The lowest BCUT2D eigenvalue weighted by Gasteiger charge is -2.08. The van der Waals surface area contributed by atoms with Crippen LogP contribution >= 0.6 is 11.6 Å². The van der Waals surface area contributed by atoms with Gasteiger partial charge in [0.25, 0.3) is 0 Å². The molecule has 0 fully saturated rings. The minimum atomic E-state index is 0.681. The Balaban J connectivity index is 2.95. The van der Waals surface area contributed by atoms with E-state index < -0.39 is 0 Å².